The first-order valence-corrected chi connectivity index (χ1v) is 4.75. The zero-order valence-electron chi connectivity index (χ0n) is 6.67. The van der Waals surface area contributed by atoms with Crippen LogP contribution in [0.15, 0.2) is 22.7 Å². The summed E-state index contributed by atoms with van der Waals surface area (Å²) in [6.07, 6.45) is 1.73. The number of alkyl halides is 3. The van der Waals surface area contributed by atoms with Crippen LogP contribution in [0.2, 0.25) is 0 Å². The number of hydrogen-bond donors (Lipinski definition) is 1. The van der Waals surface area contributed by atoms with Crippen molar-refractivity contribution in [2.24, 2.45) is 0 Å². The van der Waals surface area contributed by atoms with Gasteiger partial charge in [-0.15, -0.1) is 10.2 Å². The smallest absolute Gasteiger partial charge is 0.268 e. The maximum atomic E-state index is 5.56. The first kappa shape index (κ1) is 9.83. The van der Waals surface area contributed by atoms with E-state index in [-0.39, 0.29) is 11.8 Å². The predicted octanol–water partition coefficient (Wildman–Crippen LogP) is 2.89. The highest BCUT2D eigenvalue weighted by Crippen LogP contribution is 2.37. The minimum absolute atomic E-state index is 0.0490. The summed E-state index contributed by atoms with van der Waals surface area (Å²) in [5.41, 5.74) is 0.679. The largest absolute Gasteiger partial charge is 0.415 e. The quantitative estimate of drug-likeness (QED) is 0.794. The Morgan fingerprint density at radius 2 is 2.07 bits per heavy atom. The SMILES string of the molecule is ClC(Cl)(Cl)c1nnc(-c2ccc[nH]2)o1. The van der Waals surface area contributed by atoms with Crippen LogP contribution in [-0.2, 0) is 3.79 Å². The molecule has 0 bridgehead atoms. The molecule has 0 radical (unpaired) electrons. The molecular weight excluding hydrogens is 248 g/mol. The zero-order valence-corrected chi connectivity index (χ0v) is 8.94. The molecule has 0 spiro atoms. The van der Waals surface area contributed by atoms with Gasteiger partial charge in [-0.05, 0) is 12.1 Å². The first-order chi connectivity index (χ1) is 6.57. The second-order valence-corrected chi connectivity index (χ2v) is 4.78. The standard InChI is InChI=1S/C7H4Cl3N3O/c8-7(9,10)6-13-12-5(14-6)4-2-1-3-11-4/h1-3,11H. The maximum Gasteiger partial charge on any atom is 0.268 e. The van der Waals surface area contributed by atoms with Crippen molar-refractivity contribution in [3.05, 3.63) is 24.2 Å². The van der Waals surface area contributed by atoms with Gasteiger partial charge in [-0.3, -0.25) is 0 Å². The molecule has 0 saturated carbocycles. The number of halogens is 3. The molecule has 4 nitrogen and oxygen atoms in total. The molecule has 74 valence electrons. The lowest BCUT2D eigenvalue weighted by Crippen LogP contribution is -1.99. The average molecular weight is 252 g/mol. The van der Waals surface area contributed by atoms with Gasteiger partial charge in [0.25, 0.3) is 15.6 Å². The Kier molecular flexibility index (Phi) is 2.43. The summed E-state index contributed by atoms with van der Waals surface area (Å²) in [5, 5.41) is 7.33. The summed E-state index contributed by atoms with van der Waals surface area (Å²) >= 11 is 16.7. The van der Waals surface area contributed by atoms with Gasteiger partial charge in [0.2, 0.25) is 0 Å². The van der Waals surface area contributed by atoms with Crippen molar-refractivity contribution in [2.45, 2.75) is 3.79 Å². The number of rotatable bonds is 1. The summed E-state index contributed by atoms with van der Waals surface area (Å²) in [4.78, 5) is 2.89. The number of nitrogens with one attached hydrogen (secondary N) is 1. The van der Waals surface area contributed by atoms with E-state index in [1.165, 1.54) is 0 Å². The Morgan fingerprint density at radius 1 is 1.29 bits per heavy atom. The van der Waals surface area contributed by atoms with Crippen molar-refractivity contribution >= 4 is 34.8 Å². The van der Waals surface area contributed by atoms with Gasteiger partial charge in [0.15, 0.2) is 0 Å². The Hall–Kier alpha value is -0.710. The third kappa shape index (κ3) is 1.87. The topological polar surface area (TPSA) is 54.7 Å². The van der Waals surface area contributed by atoms with Crippen LogP contribution in [0.25, 0.3) is 11.6 Å². The fourth-order valence-electron chi connectivity index (χ4n) is 0.910. The molecule has 0 aliphatic rings. The van der Waals surface area contributed by atoms with Crippen molar-refractivity contribution in [1.82, 2.24) is 15.2 Å². The van der Waals surface area contributed by atoms with Gasteiger partial charge in [-0.2, -0.15) is 0 Å². The van der Waals surface area contributed by atoms with Gasteiger partial charge < -0.3 is 9.40 Å². The molecule has 1 N–H and O–H groups in total. The lowest BCUT2D eigenvalue weighted by Gasteiger charge is -2.01. The lowest BCUT2D eigenvalue weighted by atomic mass is 10.4. The Morgan fingerprint density at radius 3 is 2.57 bits per heavy atom. The summed E-state index contributed by atoms with van der Waals surface area (Å²) in [6, 6.07) is 3.57. The Balaban J connectivity index is 2.36. The summed E-state index contributed by atoms with van der Waals surface area (Å²) in [5.74, 6) is 0.239. The summed E-state index contributed by atoms with van der Waals surface area (Å²) in [6.45, 7) is 0. The molecule has 0 atom stereocenters. The molecule has 0 amide bonds. The minimum Gasteiger partial charge on any atom is -0.415 e. The molecule has 2 heterocycles. The molecule has 0 saturated heterocycles. The second kappa shape index (κ2) is 3.46. The molecule has 14 heavy (non-hydrogen) atoms. The van der Waals surface area contributed by atoms with E-state index in [2.05, 4.69) is 15.2 Å². The first-order valence-electron chi connectivity index (χ1n) is 3.62. The molecular formula is C7H4Cl3N3O. The van der Waals surface area contributed by atoms with Crippen LogP contribution in [-0.4, -0.2) is 15.2 Å². The van der Waals surface area contributed by atoms with Crippen LogP contribution in [0.1, 0.15) is 5.89 Å². The molecule has 0 unspecified atom stereocenters. The van der Waals surface area contributed by atoms with Crippen molar-refractivity contribution in [3.8, 4) is 11.6 Å². The van der Waals surface area contributed by atoms with Gasteiger partial charge in [0, 0.05) is 6.20 Å². The number of H-pyrrole nitrogens is 1. The van der Waals surface area contributed by atoms with Crippen molar-refractivity contribution in [1.29, 1.82) is 0 Å². The Labute approximate surface area is 94.2 Å². The monoisotopic (exact) mass is 251 g/mol. The third-order valence-corrected chi connectivity index (χ3v) is 1.98. The predicted molar refractivity (Wildman–Crippen MR) is 53.3 cm³/mol. The van der Waals surface area contributed by atoms with E-state index in [0.717, 1.165) is 0 Å². The van der Waals surface area contributed by atoms with Gasteiger partial charge >= 0.3 is 0 Å². The van der Waals surface area contributed by atoms with Gasteiger partial charge in [-0.25, -0.2) is 0 Å². The molecule has 2 aromatic heterocycles. The van der Waals surface area contributed by atoms with E-state index in [1.54, 1.807) is 18.3 Å². The van der Waals surface area contributed by atoms with Crippen LogP contribution >= 0.6 is 34.8 Å². The van der Waals surface area contributed by atoms with Gasteiger partial charge in [0.1, 0.15) is 5.69 Å². The van der Waals surface area contributed by atoms with E-state index >= 15 is 0 Å². The van der Waals surface area contributed by atoms with Crippen molar-refractivity contribution in [3.63, 3.8) is 0 Å². The van der Waals surface area contributed by atoms with E-state index in [1.807, 2.05) is 0 Å². The van der Waals surface area contributed by atoms with Crippen molar-refractivity contribution in [2.75, 3.05) is 0 Å². The average Bonchev–Trinajstić information content (AvgIpc) is 2.73. The molecule has 7 heteroatoms. The maximum absolute atomic E-state index is 5.56. The highest BCUT2D eigenvalue weighted by molar-refractivity contribution is 6.66. The van der Waals surface area contributed by atoms with E-state index in [4.69, 9.17) is 39.2 Å². The highest BCUT2D eigenvalue weighted by Gasteiger charge is 2.30. The summed E-state index contributed by atoms with van der Waals surface area (Å²) < 4.78 is 3.46. The molecule has 0 aromatic carbocycles. The number of nitrogens with zero attached hydrogens (tertiary/aromatic N) is 2. The van der Waals surface area contributed by atoms with Crippen LogP contribution < -0.4 is 0 Å². The molecule has 2 aromatic rings. The zero-order chi connectivity index (χ0) is 10.2. The molecule has 0 fully saturated rings. The third-order valence-electron chi connectivity index (χ3n) is 1.50. The van der Waals surface area contributed by atoms with Gasteiger partial charge in [0.05, 0.1) is 0 Å². The van der Waals surface area contributed by atoms with Crippen LogP contribution in [0.5, 0.6) is 0 Å². The van der Waals surface area contributed by atoms with Gasteiger partial charge in [-0.1, -0.05) is 34.8 Å². The normalized spacial score (nSPS) is 11.9. The molecule has 2 rings (SSSR count). The second-order valence-electron chi connectivity index (χ2n) is 2.49. The molecule has 0 aliphatic carbocycles. The van der Waals surface area contributed by atoms with Crippen LogP contribution in [0.3, 0.4) is 0 Å². The van der Waals surface area contributed by atoms with E-state index in [0.29, 0.717) is 5.69 Å². The van der Waals surface area contributed by atoms with Crippen LogP contribution in [0, 0.1) is 0 Å². The van der Waals surface area contributed by atoms with Crippen LogP contribution in [0.4, 0.5) is 0 Å². The Bertz CT molecular complexity index is 418. The summed E-state index contributed by atoms with van der Waals surface area (Å²) in [7, 11) is 0. The fourth-order valence-corrected chi connectivity index (χ4v) is 1.14. The number of hydrogen-bond acceptors (Lipinski definition) is 3. The molecule has 0 aliphatic heterocycles. The van der Waals surface area contributed by atoms with Crippen molar-refractivity contribution < 1.29 is 4.42 Å². The minimum atomic E-state index is -1.68. The lowest BCUT2D eigenvalue weighted by molar-refractivity contribution is 0.513. The highest BCUT2D eigenvalue weighted by atomic mass is 35.6. The van der Waals surface area contributed by atoms with E-state index < -0.39 is 3.79 Å². The number of aromatic nitrogens is 3. The fraction of sp³-hybridized carbons (Fsp3) is 0.143. The number of aromatic amines is 1. The van der Waals surface area contributed by atoms with E-state index in [9.17, 15) is 0 Å².